The van der Waals surface area contributed by atoms with Crippen molar-refractivity contribution in [3.05, 3.63) is 0 Å². The maximum absolute atomic E-state index is 11.6. The number of hydrogen-bond acceptors (Lipinski definition) is 4. The Morgan fingerprint density at radius 2 is 2.19 bits per heavy atom. The minimum Gasteiger partial charge on any atom is -0.356 e. The highest BCUT2D eigenvalue weighted by Crippen LogP contribution is 2.25. The number of likely N-dealkylation sites (N-methyl/N-ethyl adjacent to an activating group) is 1. The van der Waals surface area contributed by atoms with Gasteiger partial charge in [0, 0.05) is 38.2 Å². The lowest BCUT2D eigenvalue weighted by Gasteiger charge is -2.15. The lowest BCUT2D eigenvalue weighted by molar-refractivity contribution is -0.127. The summed E-state index contributed by atoms with van der Waals surface area (Å²) in [6.07, 6.45) is 4.66. The Morgan fingerprint density at radius 1 is 1.43 bits per heavy atom. The molecular formula is C13H27IN4OS2. The van der Waals surface area contributed by atoms with Crippen LogP contribution in [-0.2, 0) is 4.79 Å². The lowest BCUT2D eigenvalue weighted by atomic mass is 10.2. The molecule has 0 aromatic carbocycles. The summed E-state index contributed by atoms with van der Waals surface area (Å²) in [6, 6.07) is 0. The van der Waals surface area contributed by atoms with Gasteiger partial charge in [-0.2, -0.15) is 23.5 Å². The molecule has 0 aromatic heterocycles. The normalized spacial score (nSPS) is 18.0. The van der Waals surface area contributed by atoms with Crippen LogP contribution in [0, 0.1) is 0 Å². The third kappa shape index (κ3) is 9.72. The van der Waals surface area contributed by atoms with Gasteiger partial charge < -0.3 is 15.5 Å². The molecule has 124 valence electrons. The summed E-state index contributed by atoms with van der Waals surface area (Å²) >= 11 is 3.81. The third-order valence-electron chi connectivity index (χ3n) is 2.99. The zero-order valence-corrected chi connectivity index (χ0v) is 17.0. The first-order chi connectivity index (χ1) is 9.63. The summed E-state index contributed by atoms with van der Waals surface area (Å²) in [4.78, 5) is 17.5. The van der Waals surface area contributed by atoms with Crippen LogP contribution in [0.3, 0.4) is 0 Å². The number of halogens is 1. The van der Waals surface area contributed by atoms with Crippen molar-refractivity contribution in [3.63, 3.8) is 0 Å². The Kier molecular flexibility index (Phi) is 12.8. The van der Waals surface area contributed by atoms with Crippen LogP contribution in [0.2, 0.25) is 0 Å². The molecule has 1 rings (SSSR count). The molecule has 5 nitrogen and oxygen atoms in total. The molecule has 8 heteroatoms. The van der Waals surface area contributed by atoms with Gasteiger partial charge >= 0.3 is 0 Å². The zero-order chi connectivity index (χ0) is 14.8. The van der Waals surface area contributed by atoms with Crippen molar-refractivity contribution in [2.24, 2.45) is 4.99 Å². The molecule has 0 bridgehead atoms. The summed E-state index contributed by atoms with van der Waals surface area (Å²) in [5.41, 5.74) is 0. The van der Waals surface area contributed by atoms with Crippen LogP contribution >= 0.6 is 47.5 Å². The molecule has 1 fully saturated rings. The van der Waals surface area contributed by atoms with E-state index in [1.165, 1.54) is 18.6 Å². The molecule has 1 aliphatic rings. The first-order valence-corrected chi connectivity index (χ1v) is 9.40. The Labute approximate surface area is 153 Å². The molecule has 1 aliphatic heterocycles. The second-order valence-corrected chi connectivity index (χ2v) is 7.28. The predicted molar refractivity (Wildman–Crippen MR) is 106 cm³/mol. The van der Waals surface area contributed by atoms with Crippen molar-refractivity contribution >= 4 is 59.4 Å². The van der Waals surface area contributed by atoms with Gasteiger partial charge in [0.15, 0.2) is 5.96 Å². The average Bonchev–Trinajstić information content (AvgIpc) is 2.94. The smallest absolute Gasteiger partial charge is 0.243 e. The van der Waals surface area contributed by atoms with E-state index in [2.05, 4.69) is 21.9 Å². The molecule has 1 unspecified atom stereocenters. The number of guanidine groups is 1. The second kappa shape index (κ2) is 12.7. The highest BCUT2D eigenvalue weighted by atomic mass is 127. The van der Waals surface area contributed by atoms with Gasteiger partial charge in [-0.3, -0.25) is 4.79 Å². The van der Waals surface area contributed by atoms with Crippen LogP contribution in [0.4, 0.5) is 0 Å². The molecule has 1 heterocycles. The van der Waals surface area contributed by atoms with Crippen molar-refractivity contribution in [3.8, 4) is 0 Å². The highest BCUT2D eigenvalue weighted by molar-refractivity contribution is 14.0. The largest absolute Gasteiger partial charge is 0.356 e. The standard InChI is InChI=1S/C13H26N4OS2.HI/c1-17(2)12(18)10-16-13(14-6-8-19-3)15-9-11-5-4-7-20-11;/h11H,4-10H2,1-3H3,(H2,14,15,16);1H. The topological polar surface area (TPSA) is 56.7 Å². The summed E-state index contributed by atoms with van der Waals surface area (Å²) in [5, 5.41) is 7.30. The van der Waals surface area contributed by atoms with E-state index in [9.17, 15) is 4.79 Å². The van der Waals surface area contributed by atoms with Crippen molar-refractivity contribution in [2.45, 2.75) is 18.1 Å². The average molecular weight is 446 g/mol. The van der Waals surface area contributed by atoms with Gasteiger partial charge in [-0.15, -0.1) is 24.0 Å². The van der Waals surface area contributed by atoms with Crippen LogP contribution < -0.4 is 10.6 Å². The van der Waals surface area contributed by atoms with E-state index in [0.29, 0.717) is 5.25 Å². The highest BCUT2D eigenvalue weighted by Gasteiger charge is 2.15. The molecule has 0 spiro atoms. The van der Waals surface area contributed by atoms with E-state index in [1.807, 2.05) is 11.8 Å². The lowest BCUT2D eigenvalue weighted by Crippen LogP contribution is -2.42. The van der Waals surface area contributed by atoms with Gasteiger partial charge in [0.05, 0.1) is 0 Å². The molecule has 0 aromatic rings. The van der Waals surface area contributed by atoms with Crippen molar-refractivity contribution in [1.29, 1.82) is 0 Å². The first kappa shape index (κ1) is 21.2. The fourth-order valence-corrected chi connectivity index (χ4v) is 3.26. The number of nitrogens with one attached hydrogen (secondary N) is 2. The van der Waals surface area contributed by atoms with Crippen LogP contribution in [0.15, 0.2) is 4.99 Å². The summed E-state index contributed by atoms with van der Waals surface area (Å²) in [5.74, 6) is 3.06. The van der Waals surface area contributed by atoms with E-state index in [1.54, 1.807) is 30.8 Å². The molecule has 0 aliphatic carbocycles. The molecule has 1 atom stereocenters. The van der Waals surface area contributed by atoms with Gasteiger partial charge in [-0.05, 0) is 24.9 Å². The second-order valence-electron chi connectivity index (χ2n) is 4.89. The summed E-state index contributed by atoms with van der Waals surface area (Å²) in [6.45, 7) is 1.98. The Bertz CT molecular complexity index is 323. The number of carbonyl (C=O) groups is 1. The number of aliphatic imine (C=N–C) groups is 1. The minimum atomic E-state index is 0. The van der Waals surface area contributed by atoms with Crippen molar-refractivity contribution < 1.29 is 4.79 Å². The monoisotopic (exact) mass is 446 g/mol. The first-order valence-electron chi connectivity index (χ1n) is 6.96. The SMILES string of the molecule is CSCCNC(=NCC(=O)N(C)C)NCC1CCCS1.I. The van der Waals surface area contributed by atoms with E-state index in [4.69, 9.17) is 0 Å². The van der Waals surface area contributed by atoms with Gasteiger partial charge in [0.25, 0.3) is 0 Å². The molecule has 21 heavy (non-hydrogen) atoms. The van der Waals surface area contributed by atoms with Crippen LogP contribution in [0.5, 0.6) is 0 Å². The van der Waals surface area contributed by atoms with Crippen molar-refractivity contribution in [2.75, 3.05) is 51.5 Å². The number of thioether (sulfide) groups is 2. The number of nitrogens with zero attached hydrogens (tertiary/aromatic N) is 2. The number of hydrogen-bond donors (Lipinski definition) is 2. The molecule has 1 amide bonds. The van der Waals surface area contributed by atoms with Gasteiger partial charge in [0.2, 0.25) is 5.91 Å². The molecular weight excluding hydrogens is 419 g/mol. The maximum atomic E-state index is 11.6. The van der Waals surface area contributed by atoms with Crippen LogP contribution in [0.25, 0.3) is 0 Å². The number of amides is 1. The number of carbonyl (C=O) groups excluding carboxylic acids is 1. The summed E-state index contributed by atoms with van der Waals surface area (Å²) < 4.78 is 0. The van der Waals surface area contributed by atoms with E-state index in [0.717, 1.165) is 24.8 Å². The zero-order valence-electron chi connectivity index (χ0n) is 13.1. The van der Waals surface area contributed by atoms with Crippen LogP contribution in [0.1, 0.15) is 12.8 Å². The minimum absolute atomic E-state index is 0. The Balaban J connectivity index is 0.00000400. The van der Waals surface area contributed by atoms with E-state index in [-0.39, 0.29) is 36.4 Å². The Morgan fingerprint density at radius 3 is 2.76 bits per heavy atom. The predicted octanol–water partition coefficient (Wildman–Crippen LogP) is 1.49. The quantitative estimate of drug-likeness (QED) is 0.269. The fraction of sp³-hybridized carbons (Fsp3) is 0.846. The van der Waals surface area contributed by atoms with E-state index < -0.39 is 0 Å². The third-order valence-corrected chi connectivity index (χ3v) is 5.00. The number of rotatable bonds is 7. The van der Waals surface area contributed by atoms with Gasteiger partial charge in [0.1, 0.15) is 6.54 Å². The summed E-state index contributed by atoms with van der Waals surface area (Å²) in [7, 11) is 3.50. The molecule has 0 radical (unpaired) electrons. The van der Waals surface area contributed by atoms with Gasteiger partial charge in [-0.25, -0.2) is 4.99 Å². The van der Waals surface area contributed by atoms with E-state index >= 15 is 0 Å². The Hall–Kier alpha value is 0.170. The maximum Gasteiger partial charge on any atom is 0.243 e. The molecule has 0 saturated carbocycles. The molecule has 1 saturated heterocycles. The van der Waals surface area contributed by atoms with Crippen LogP contribution in [-0.4, -0.2) is 73.5 Å². The van der Waals surface area contributed by atoms with Gasteiger partial charge in [-0.1, -0.05) is 0 Å². The fourth-order valence-electron chi connectivity index (χ4n) is 1.75. The van der Waals surface area contributed by atoms with Crippen molar-refractivity contribution in [1.82, 2.24) is 15.5 Å². The molecule has 2 N–H and O–H groups in total.